The Hall–Kier alpha value is -3.04. The van der Waals surface area contributed by atoms with E-state index >= 15 is 0 Å². The number of aromatic nitrogens is 2. The highest BCUT2D eigenvalue weighted by atomic mass is 32.1. The standard InChI is InChI=1S/C23H25N5O3S/c1-12-3-5-18(14-4-6-19-16(7-14)26-11-32-19)28(9-12)23(30)22(29)27-17-8-25-21(24)20-13(2)31-10-15(17)20/h4,6-8,11-13,18H,3,5,9-10H2,1-2H3,(H2,24,25)(H,27,29)/t12-,13+,18+/m0/s1. The largest absolute Gasteiger partial charge is 0.383 e. The number of amides is 2. The summed E-state index contributed by atoms with van der Waals surface area (Å²) in [5, 5.41) is 2.76. The number of nitrogens with zero attached hydrogens (tertiary/aromatic N) is 3. The molecule has 2 aromatic heterocycles. The third-order valence-electron chi connectivity index (χ3n) is 6.40. The number of carbonyl (C=O) groups is 2. The number of rotatable bonds is 2. The fraction of sp³-hybridized carbons (Fsp3) is 0.391. The molecule has 3 aromatic rings. The third-order valence-corrected chi connectivity index (χ3v) is 7.21. The zero-order valence-corrected chi connectivity index (χ0v) is 18.8. The molecule has 3 atom stereocenters. The van der Waals surface area contributed by atoms with Crippen LogP contribution in [0.5, 0.6) is 0 Å². The molecule has 9 heteroatoms. The summed E-state index contributed by atoms with van der Waals surface area (Å²) < 4.78 is 6.76. The average molecular weight is 452 g/mol. The number of piperidine rings is 1. The van der Waals surface area contributed by atoms with Crippen molar-refractivity contribution in [3.05, 3.63) is 46.6 Å². The van der Waals surface area contributed by atoms with Crippen molar-refractivity contribution >= 4 is 44.9 Å². The van der Waals surface area contributed by atoms with Crippen LogP contribution in [0, 0.1) is 5.92 Å². The van der Waals surface area contributed by atoms with Gasteiger partial charge in [-0.2, -0.15) is 0 Å². The van der Waals surface area contributed by atoms with Gasteiger partial charge in [0, 0.05) is 17.7 Å². The molecular formula is C23H25N5O3S. The summed E-state index contributed by atoms with van der Waals surface area (Å²) in [5.74, 6) is -0.510. The number of benzene rings is 1. The lowest BCUT2D eigenvalue weighted by Crippen LogP contribution is -2.46. The highest BCUT2D eigenvalue weighted by molar-refractivity contribution is 7.16. The molecule has 5 rings (SSSR count). The number of thiazole rings is 1. The van der Waals surface area contributed by atoms with Crippen LogP contribution < -0.4 is 11.1 Å². The topological polar surface area (TPSA) is 110 Å². The lowest BCUT2D eigenvalue weighted by atomic mass is 9.89. The van der Waals surface area contributed by atoms with E-state index in [2.05, 4.69) is 22.2 Å². The van der Waals surface area contributed by atoms with E-state index in [1.807, 2.05) is 30.6 Å². The Labute approximate surface area is 189 Å². The summed E-state index contributed by atoms with van der Waals surface area (Å²) in [6.45, 7) is 4.85. The van der Waals surface area contributed by atoms with Crippen molar-refractivity contribution in [1.29, 1.82) is 0 Å². The minimum atomic E-state index is -0.674. The number of hydrogen-bond donors (Lipinski definition) is 2. The first-order valence-electron chi connectivity index (χ1n) is 10.8. The second-order valence-electron chi connectivity index (χ2n) is 8.59. The Morgan fingerprint density at radius 1 is 1.25 bits per heavy atom. The smallest absolute Gasteiger partial charge is 0.313 e. The molecule has 1 fully saturated rings. The number of nitrogens with two attached hydrogens (primary N) is 1. The van der Waals surface area contributed by atoms with Crippen LogP contribution >= 0.6 is 11.3 Å². The van der Waals surface area contributed by atoms with Crippen molar-refractivity contribution in [2.24, 2.45) is 5.92 Å². The Morgan fingerprint density at radius 3 is 2.94 bits per heavy atom. The average Bonchev–Trinajstić information content (AvgIpc) is 3.41. The zero-order valence-electron chi connectivity index (χ0n) is 18.0. The highest BCUT2D eigenvalue weighted by Gasteiger charge is 2.35. The maximum absolute atomic E-state index is 13.3. The van der Waals surface area contributed by atoms with Gasteiger partial charge in [-0.05, 0) is 43.4 Å². The van der Waals surface area contributed by atoms with Gasteiger partial charge < -0.3 is 20.7 Å². The maximum Gasteiger partial charge on any atom is 0.313 e. The first kappa shape index (κ1) is 20.8. The molecule has 166 valence electrons. The van der Waals surface area contributed by atoms with E-state index in [9.17, 15) is 9.59 Å². The molecule has 2 aliphatic rings. The van der Waals surface area contributed by atoms with Gasteiger partial charge in [0.15, 0.2) is 0 Å². The number of anilines is 2. The van der Waals surface area contributed by atoms with Crippen LogP contribution in [0.3, 0.4) is 0 Å². The Balaban J connectivity index is 1.40. The van der Waals surface area contributed by atoms with E-state index < -0.39 is 11.8 Å². The minimum absolute atomic E-state index is 0.158. The number of hydrogen-bond acceptors (Lipinski definition) is 7. The lowest BCUT2D eigenvalue weighted by Gasteiger charge is -2.38. The summed E-state index contributed by atoms with van der Waals surface area (Å²) in [6.07, 6.45) is 3.10. The summed E-state index contributed by atoms with van der Waals surface area (Å²) in [6, 6.07) is 5.94. The molecule has 1 aromatic carbocycles. The fourth-order valence-electron chi connectivity index (χ4n) is 4.70. The van der Waals surface area contributed by atoms with Gasteiger partial charge in [0.25, 0.3) is 0 Å². The van der Waals surface area contributed by atoms with E-state index in [0.717, 1.165) is 39.7 Å². The molecule has 1 saturated heterocycles. The van der Waals surface area contributed by atoms with Gasteiger partial charge in [0.1, 0.15) is 5.82 Å². The maximum atomic E-state index is 13.3. The van der Waals surface area contributed by atoms with Crippen LogP contribution in [0.1, 0.15) is 55.5 Å². The highest BCUT2D eigenvalue weighted by Crippen LogP contribution is 2.38. The first-order valence-corrected chi connectivity index (χ1v) is 11.6. The number of fused-ring (bicyclic) bond motifs is 2. The molecule has 0 radical (unpaired) electrons. The molecule has 32 heavy (non-hydrogen) atoms. The van der Waals surface area contributed by atoms with E-state index in [1.54, 1.807) is 16.2 Å². The van der Waals surface area contributed by atoms with Crippen molar-refractivity contribution in [2.75, 3.05) is 17.6 Å². The molecule has 4 heterocycles. The predicted octanol–water partition coefficient (Wildman–Crippen LogP) is 3.80. The molecule has 8 nitrogen and oxygen atoms in total. The summed E-state index contributed by atoms with van der Waals surface area (Å²) in [4.78, 5) is 36.6. The summed E-state index contributed by atoms with van der Waals surface area (Å²) in [5.41, 5.74) is 11.8. The molecule has 3 N–H and O–H groups in total. The van der Waals surface area contributed by atoms with E-state index in [0.29, 0.717) is 30.6 Å². The van der Waals surface area contributed by atoms with Gasteiger partial charge >= 0.3 is 11.8 Å². The second-order valence-corrected chi connectivity index (χ2v) is 9.48. The quantitative estimate of drug-likeness (QED) is 0.574. The van der Waals surface area contributed by atoms with Gasteiger partial charge in [0.05, 0.1) is 46.4 Å². The number of likely N-dealkylation sites (tertiary alicyclic amines) is 1. The van der Waals surface area contributed by atoms with Gasteiger partial charge in [-0.3, -0.25) is 9.59 Å². The SMILES string of the molecule is C[C@H]1CC[C@H](c2ccc3scnc3c2)N(C(=O)C(=O)Nc2cnc(N)c3c2CO[C@@H]3C)C1. The summed E-state index contributed by atoms with van der Waals surface area (Å²) >= 11 is 1.59. The molecule has 0 saturated carbocycles. The van der Waals surface area contributed by atoms with Crippen LogP contribution in [0.25, 0.3) is 10.2 Å². The molecule has 0 unspecified atom stereocenters. The molecule has 2 amide bonds. The summed E-state index contributed by atoms with van der Waals surface area (Å²) in [7, 11) is 0. The lowest BCUT2D eigenvalue weighted by molar-refractivity contribution is -0.146. The van der Waals surface area contributed by atoms with E-state index in [-0.39, 0.29) is 12.1 Å². The number of nitrogen functional groups attached to an aromatic ring is 1. The zero-order chi connectivity index (χ0) is 22.4. The predicted molar refractivity (Wildman–Crippen MR) is 123 cm³/mol. The van der Waals surface area contributed by atoms with E-state index in [4.69, 9.17) is 10.5 Å². The fourth-order valence-corrected chi connectivity index (χ4v) is 5.36. The molecule has 2 aliphatic heterocycles. The Bertz CT molecular complexity index is 1210. The Kier molecular flexibility index (Phi) is 5.30. The number of nitrogens with one attached hydrogen (secondary N) is 1. The number of ether oxygens (including phenoxy) is 1. The molecule has 0 bridgehead atoms. The van der Waals surface area contributed by atoms with Crippen molar-refractivity contribution in [3.63, 3.8) is 0 Å². The van der Waals surface area contributed by atoms with Crippen molar-refractivity contribution in [1.82, 2.24) is 14.9 Å². The van der Waals surface area contributed by atoms with Crippen LogP contribution in [-0.4, -0.2) is 33.2 Å². The van der Waals surface area contributed by atoms with Crippen LogP contribution in [-0.2, 0) is 20.9 Å². The third kappa shape index (κ3) is 3.61. The van der Waals surface area contributed by atoms with Gasteiger partial charge in [-0.1, -0.05) is 13.0 Å². The van der Waals surface area contributed by atoms with Crippen LogP contribution in [0.2, 0.25) is 0 Å². The van der Waals surface area contributed by atoms with Gasteiger partial charge in [0.2, 0.25) is 0 Å². The minimum Gasteiger partial charge on any atom is -0.383 e. The monoisotopic (exact) mass is 451 g/mol. The molecule has 0 spiro atoms. The van der Waals surface area contributed by atoms with Crippen molar-refractivity contribution in [3.8, 4) is 0 Å². The van der Waals surface area contributed by atoms with Crippen molar-refractivity contribution < 1.29 is 14.3 Å². The Morgan fingerprint density at radius 2 is 2.09 bits per heavy atom. The van der Waals surface area contributed by atoms with Gasteiger partial charge in [-0.25, -0.2) is 9.97 Å². The van der Waals surface area contributed by atoms with Crippen LogP contribution in [0.4, 0.5) is 11.5 Å². The second kappa shape index (κ2) is 8.14. The number of carbonyl (C=O) groups excluding carboxylic acids is 2. The van der Waals surface area contributed by atoms with Gasteiger partial charge in [-0.15, -0.1) is 11.3 Å². The van der Waals surface area contributed by atoms with Crippen LogP contribution in [0.15, 0.2) is 29.9 Å². The normalized spacial score (nSPS) is 22.7. The first-order chi connectivity index (χ1) is 15.4. The van der Waals surface area contributed by atoms with E-state index in [1.165, 1.54) is 6.20 Å². The molecular weight excluding hydrogens is 426 g/mol. The molecule has 0 aliphatic carbocycles. The number of pyridine rings is 1. The van der Waals surface area contributed by atoms with Crippen molar-refractivity contribution in [2.45, 2.75) is 45.4 Å².